The number of hydrogen-bond acceptors (Lipinski definition) is 0. The normalized spacial score (nSPS) is 11.1. The minimum Gasteiger partial charge on any atom is -0.350 e. The molecular weight excluding hydrogens is 189 g/mol. The van der Waals surface area contributed by atoms with Gasteiger partial charge in [0.1, 0.15) is 0 Å². The van der Waals surface area contributed by atoms with Crippen molar-refractivity contribution in [3.63, 3.8) is 0 Å². The second-order valence-electron chi connectivity index (χ2n) is 3.18. The molecule has 0 saturated carbocycles. The predicted molar refractivity (Wildman–Crippen MR) is 52.6 cm³/mol. The molecule has 0 aliphatic rings. The van der Waals surface area contributed by atoms with E-state index in [0.717, 1.165) is 11.1 Å². The summed E-state index contributed by atoms with van der Waals surface area (Å²) in [5.74, 6) is -0.322. The fourth-order valence-corrected chi connectivity index (χ4v) is 1.62. The SMILES string of the molecule is Cc1cc2c(ccn2C)c(F)c1Cl. The van der Waals surface area contributed by atoms with Crippen molar-refractivity contribution in [1.29, 1.82) is 0 Å². The first-order valence-corrected chi connectivity index (χ1v) is 4.38. The zero-order valence-electron chi connectivity index (χ0n) is 7.44. The van der Waals surface area contributed by atoms with Gasteiger partial charge in [-0.25, -0.2) is 4.39 Å². The summed E-state index contributed by atoms with van der Waals surface area (Å²) in [5, 5.41) is 0.803. The minimum absolute atomic E-state index is 0.221. The molecule has 0 bridgehead atoms. The van der Waals surface area contributed by atoms with Crippen LogP contribution in [0.4, 0.5) is 4.39 Å². The van der Waals surface area contributed by atoms with Crippen LogP contribution in [0.15, 0.2) is 18.3 Å². The van der Waals surface area contributed by atoms with Crippen molar-refractivity contribution in [1.82, 2.24) is 4.57 Å². The molecule has 0 amide bonds. The van der Waals surface area contributed by atoms with E-state index in [1.165, 1.54) is 0 Å². The van der Waals surface area contributed by atoms with Crippen molar-refractivity contribution in [3.8, 4) is 0 Å². The molecule has 1 heterocycles. The first-order valence-electron chi connectivity index (χ1n) is 4.01. The van der Waals surface area contributed by atoms with Gasteiger partial charge < -0.3 is 4.57 Å². The predicted octanol–water partition coefficient (Wildman–Crippen LogP) is 3.28. The highest BCUT2D eigenvalue weighted by atomic mass is 35.5. The van der Waals surface area contributed by atoms with E-state index in [1.807, 2.05) is 23.9 Å². The molecule has 0 atom stereocenters. The Kier molecular flexibility index (Phi) is 1.81. The Balaban J connectivity index is 2.96. The molecule has 0 N–H and O–H groups in total. The van der Waals surface area contributed by atoms with E-state index in [0.29, 0.717) is 5.39 Å². The van der Waals surface area contributed by atoms with Crippen LogP contribution in [0.5, 0.6) is 0 Å². The summed E-state index contributed by atoms with van der Waals surface area (Å²) < 4.78 is 15.4. The van der Waals surface area contributed by atoms with E-state index < -0.39 is 0 Å². The fourth-order valence-electron chi connectivity index (χ4n) is 1.47. The largest absolute Gasteiger partial charge is 0.350 e. The summed E-state index contributed by atoms with van der Waals surface area (Å²) in [4.78, 5) is 0. The van der Waals surface area contributed by atoms with Crippen molar-refractivity contribution >= 4 is 22.5 Å². The molecule has 13 heavy (non-hydrogen) atoms. The number of benzene rings is 1. The van der Waals surface area contributed by atoms with E-state index in [2.05, 4.69) is 0 Å². The van der Waals surface area contributed by atoms with E-state index in [-0.39, 0.29) is 10.8 Å². The summed E-state index contributed by atoms with van der Waals surface area (Å²) in [6.45, 7) is 1.80. The van der Waals surface area contributed by atoms with Crippen molar-refractivity contribution in [2.75, 3.05) is 0 Å². The number of rotatable bonds is 0. The van der Waals surface area contributed by atoms with Gasteiger partial charge in [-0.15, -0.1) is 0 Å². The topological polar surface area (TPSA) is 4.93 Å². The zero-order chi connectivity index (χ0) is 9.59. The minimum atomic E-state index is -0.322. The lowest BCUT2D eigenvalue weighted by Crippen LogP contribution is -1.88. The van der Waals surface area contributed by atoms with E-state index in [9.17, 15) is 4.39 Å². The van der Waals surface area contributed by atoms with Gasteiger partial charge in [-0.3, -0.25) is 0 Å². The van der Waals surface area contributed by atoms with Gasteiger partial charge in [0.15, 0.2) is 5.82 Å². The molecule has 0 fully saturated rings. The van der Waals surface area contributed by atoms with Gasteiger partial charge in [-0.2, -0.15) is 0 Å². The van der Waals surface area contributed by atoms with Crippen LogP contribution in [0, 0.1) is 12.7 Å². The van der Waals surface area contributed by atoms with Gasteiger partial charge in [0.05, 0.1) is 10.5 Å². The average molecular weight is 198 g/mol. The summed E-state index contributed by atoms with van der Waals surface area (Å²) in [5.41, 5.74) is 1.65. The van der Waals surface area contributed by atoms with Crippen LogP contribution in [0.25, 0.3) is 10.9 Å². The Hall–Kier alpha value is -1.02. The van der Waals surface area contributed by atoms with Crippen molar-refractivity contribution in [2.45, 2.75) is 6.92 Å². The van der Waals surface area contributed by atoms with Crippen LogP contribution < -0.4 is 0 Å². The summed E-state index contributed by atoms with van der Waals surface area (Å²) in [6.07, 6.45) is 1.82. The maximum absolute atomic E-state index is 13.5. The first kappa shape index (κ1) is 8.57. The highest BCUT2D eigenvalue weighted by Gasteiger charge is 2.10. The molecule has 1 aromatic heterocycles. The molecule has 68 valence electrons. The number of aryl methyl sites for hydroxylation is 2. The lowest BCUT2D eigenvalue weighted by Gasteiger charge is -2.02. The van der Waals surface area contributed by atoms with Crippen LogP contribution in [-0.4, -0.2) is 4.57 Å². The highest BCUT2D eigenvalue weighted by molar-refractivity contribution is 6.32. The van der Waals surface area contributed by atoms with Gasteiger partial charge in [0, 0.05) is 18.6 Å². The van der Waals surface area contributed by atoms with Crippen molar-refractivity contribution < 1.29 is 4.39 Å². The second kappa shape index (κ2) is 2.74. The van der Waals surface area contributed by atoms with Crippen molar-refractivity contribution in [3.05, 3.63) is 34.7 Å². The van der Waals surface area contributed by atoms with E-state index in [4.69, 9.17) is 11.6 Å². The molecule has 0 spiro atoms. The first-order chi connectivity index (χ1) is 6.11. The lowest BCUT2D eigenvalue weighted by molar-refractivity contribution is 0.639. The third-order valence-electron chi connectivity index (χ3n) is 2.25. The van der Waals surface area contributed by atoms with Crippen molar-refractivity contribution in [2.24, 2.45) is 7.05 Å². The van der Waals surface area contributed by atoms with Gasteiger partial charge in [-0.05, 0) is 24.6 Å². The molecule has 3 heteroatoms. The smallest absolute Gasteiger partial charge is 0.151 e. The number of hydrogen-bond donors (Lipinski definition) is 0. The average Bonchev–Trinajstić information content (AvgIpc) is 2.45. The number of nitrogens with zero attached hydrogens (tertiary/aromatic N) is 1. The molecule has 0 aliphatic carbocycles. The number of aromatic nitrogens is 1. The number of fused-ring (bicyclic) bond motifs is 1. The second-order valence-corrected chi connectivity index (χ2v) is 3.56. The van der Waals surface area contributed by atoms with Gasteiger partial charge in [-0.1, -0.05) is 11.6 Å². The molecule has 1 aromatic carbocycles. The highest BCUT2D eigenvalue weighted by Crippen LogP contribution is 2.28. The van der Waals surface area contributed by atoms with Crippen LogP contribution in [0.3, 0.4) is 0 Å². The Morgan fingerprint density at radius 2 is 2.15 bits per heavy atom. The Morgan fingerprint density at radius 3 is 2.85 bits per heavy atom. The summed E-state index contributed by atoms with van der Waals surface area (Å²) in [6, 6.07) is 3.62. The van der Waals surface area contributed by atoms with E-state index in [1.54, 1.807) is 13.0 Å². The molecule has 0 unspecified atom stereocenters. The van der Waals surface area contributed by atoms with Gasteiger partial charge >= 0.3 is 0 Å². The molecule has 0 aliphatic heterocycles. The molecular formula is C10H9ClFN. The summed E-state index contributed by atoms with van der Waals surface area (Å²) >= 11 is 5.78. The van der Waals surface area contributed by atoms with Crippen LogP contribution in [-0.2, 0) is 7.05 Å². The molecule has 2 rings (SSSR count). The van der Waals surface area contributed by atoms with Crippen LogP contribution in [0.1, 0.15) is 5.56 Å². The van der Waals surface area contributed by atoms with Gasteiger partial charge in [0.2, 0.25) is 0 Å². The third kappa shape index (κ3) is 1.13. The van der Waals surface area contributed by atoms with E-state index >= 15 is 0 Å². The maximum Gasteiger partial charge on any atom is 0.151 e. The molecule has 0 radical (unpaired) electrons. The van der Waals surface area contributed by atoms with Gasteiger partial charge in [0.25, 0.3) is 0 Å². The third-order valence-corrected chi connectivity index (χ3v) is 2.71. The van der Waals surface area contributed by atoms with Crippen LogP contribution >= 0.6 is 11.6 Å². The Bertz CT molecular complexity index is 473. The Labute approximate surface area is 80.7 Å². The quantitative estimate of drug-likeness (QED) is 0.611. The lowest BCUT2D eigenvalue weighted by atomic mass is 10.2. The molecule has 0 saturated heterocycles. The van der Waals surface area contributed by atoms with Crippen LogP contribution in [0.2, 0.25) is 5.02 Å². The maximum atomic E-state index is 13.5. The molecule has 1 nitrogen and oxygen atoms in total. The standard InChI is InChI=1S/C10H9ClFN/c1-6-5-8-7(3-4-13(8)2)10(12)9(6)11/h3-5H,1-2H3. The Morgan fingerprint density at radius 1 is 1.46 bits per heavy atom. The monoisotopic (exact) mass is 197 g/mol. The zero-order valence-corrected chi connectivity index (χ0v) is 8.19. The fraction of sp³-hybridized carbons (Fsp3) is 0.200. The summed E-state index contributed by atoms with van der Waals surface area (Å²) in [7, 11) is 1.88. The number of halogens is 2. The molecule has 2 aromatic rings.